The average molecular weight is 522 g/mol. The first-order valence-corrected chi connectivity index (χ1v) is 10.8. The van der Waals surface area contributed by atoms with Crippen molar-refractivity contribution in [2.24, 2.45) is 0 Å². The normalized spacial score (nSPS) is 10.4. The number of ether oxygens (including phenoxy) is 3. The molecule has 0 saturated heterocycles. The lowest BCUT2D eigenvalue weighted by atomic mass is 10.2. The Hall–Kier alpha value is -3.11. The number of aryl methyl sites for hydroxylation is 1. The highest BCUT2D eigenvalue weighted by Crippen LogP contribution is 2.28. The van der Waals surface area contributed by atoms with E-state index in [2.05, 4.69) is 39.0 Å². The van der Waals surface area contributed by atoms with Crippen LogP contribution in [0.4, 0.5) is 0 Å². The van der Waals surface area contributed by atoms with Gasteiger partial charge < -0.3 is 14.2 Å². The van der Waals surface area contributed by atoms with Gasteiger partial charge in [-0.15, -0.1) is 0 Å². The van der Waals surface area contributed by atoms with E-state index in [0.717, 1.165) is 22.0 Å². The van der Waals surface area contributed by atoms with E-state index in [1.807, 2.05) is 12.1 Å². The summed E-state index contributed by atoms with van der Waals surface area (Å²) in [5.41, 5.74) is 6.70. The molecule has 2 rings (SSSR count). The number of benzene rings is 2. The number of carbonyl (C=O) groups is 2. The van der Waals surface area contributed by atoms with Crippen LogP contribution in [0.2, 0.25) is 0 Å². The zero-order valence-corrected chi connectivity index (χ0v) is 20.3. The summed E-state index contributed by atoms with van der Waals surface area (Å²) in [6.07, 6.45) is 3.79. The molecule has 170 valence electrons. The lowest BCUT2D eigenvalue weighted by molar-refractivity contribution is -0.123. The number of hydrogen-bond donors (Lipinski definition) is 3. The van der Waals surface area contributed by atoms with Crippen LogP contribution in [0.15, 0.2) is 46.9 Å². The molecule has 0 aliphatic carbocycles. The predicted molar refractivity (Wildman–Crippen MR) is 130 cm³/mol. The SMILES string of the molecule is CCc1ccc(OCC(=O)NNC(=S)NC(=O)/C=C/c2ccc(OC)c(OC)c2)c(Br)c1. The van der Waals surface area contributed by atoms with Gasteiger partial charge in [0.1, 0.15) is 5.75 Å². The first kappa shape index (κ1) is 25.2. The van der Waals surface area contributed by atoms with Gasteiger partial charge in [0.2, 0.25) is 5.91 Å². The van der Waals surface area contributed by atoms with Gasteiger partial charge >= 0.3 is 0 Å². The Labute approximate surface area is 200 Å². The molecule has 0 fully saturated rings. The van der Waals surface area contributed by atoms with Crippen LogP contribution in [0.1, 0.15) is 18.1 Å². The Bertz CT molecular complexity index is 1010. The molecule has 0 aromatic heterocycles. The molecule has 0 heterocycles. The van der Waals surface area contributed by atoms with Crippen LogP contribution in [-0.4, -0.2) is 37.8 Å². The van der Waals surface area contributed by atoms with Gasteiger partial charge in [-0.25, -0.2) is 0 Å². The maximum Gasteiger partial charge on any atom is 0.276 e. The summed E-state index contributed by atoms with van der Waals surface area (Å²) >= 11 is 8.42. The van der Waals surface area contributed by atoms with Crippen molar-refractivity contribution in [1.29, 1.82) is 0 Å². The van der Waals surface area contributed by atoms with Crippen LogP contribution in [0.3, 0.4) is 0 Å². The minimum Gasteiger partial charge on any atom is -0.493 e. The largest absolute Gasteiger partial charge is 0.493 e. The molecule has 2 amide bonds. The van der Waals surface area contributed by atoms with Gasteiger partial charge in [0, 0.05) is 6.08 Å². The lowest BCUT2D eigenvalue weighted by Gasteiger charge is -2.12. The molecule has 2 aromatic carbocycles. The molecule has 10 heteroatoms. The van der Waals surface area contributed by atoms with Gasteiger partial charge in [0.15, 0.2) is 23.2 Å². The molecule has 2 aromatic rings. The van der Waals surface area contributed by atoms with Gasteiger partial charge in [0.05, 0.1) is 18.7 Å². The van der Waals surface area contributed by atoms with Crippen LogP contribution in [-0.2, 0) is 16.0 Å². The highest BCUT2D eigenvalue weighted by Gasteiger charge is 2.08. The Morgan fingerprint density at radius 2 is 1.75 bits per heavy atom. The molecule has 8 nitrogen and oxygen atoms in total. The van der Waals surface area contributed by atoms with E-state index in [4.69, 9.17) is 26.4 Å². The highest BCUT2D eigenvalue weighted by atomic mass is 79.9. The van der Waals surface area contributed by atoms with E-state index < -0.39 is 11.8 Å². The number of amides is 2. The first-order chi connectivity index (χ1) is 15.4. The Balaban J connectivity index is 1.76. The van der Waals surface area contributed by atoms with Gasteiger partial charge in [-0.1, -0.05) is 19.1 Å². The fraction of sp³-hybridized carbons (Fsp3) is 0.227. The summed E-state index contributed by atoms with van der Waals surface area (Å²) in [5.74, 6) is 0.750. The van der Waals surface area contributed by atoms with Crippen LogP contribution in [0.25, 0.3) is 6.08 Å². The number of rotatable bonds is 8. The standard InChI is InChI=1S/C22H24BrN3O5S/c1-4-14-5-8-17(16(23)11-14)31-13-21(28)25-26-22(32)24-20(27)10-7-15-6-9-18(29-2)19(12-15)30-3/h5-12H,4,13H2,1-3H3,(H,25,28)(H2,24,26,27,32)/b10-7+. The number of methoxy groups -OCH3 is 2. The quantitative estimate of drug-likeness (QED) is 0.279. The topological polar surface area (TPSA) is 97.9 Å². The number of carbonyl (C=O) groups excluding carboxylic acids is 2. The summed E-state index contributed by atoms with van der Waals surface area (Å²) in [4.78, 5) is 24.0. The van der Waals surface area contributed by atoms with Gasteiger partial charge in [-0.05, 0) is 76.0 Å². The summed E-state index contributed by atoms with van der Waals surface area (Å²) in [6.45, 7) is 1.82. The van der Waals surface area contributed by atoms with E-state index in [1.165, 1.54) is 13.2 Å². The molecule has 0 unspecified atom stereocenters. The molecular weight excluding hydrogens is 498 g/mol. The van der Waals surface area contributed by atoms with E-state index in [0.29, 0.717) is 17.2 Å². The van der Waals surface area contributed by atoms with Gasteiger partial charge in [0.25, 0.3) is 5.91 Å². The smallest absolute Gasteiger partial charge is 0.276 e. The average Bonchev–Trinajstić information content (AvgIpc) is 2.80. The fourth-order valence-electron chi connectivity index (χ4n) is 2.50. The fourth-order valence-corrected chi connectivity index (χ4v) is 3.19. The number of hydrazine groups is 1. The zero-order valence-electron chi connectivity index (χ0n) is 17.9. The Morgan fingerprint density at radius 1 is 1.03 bits per heavy atom. The molecule has 0 aliphatic rings. The summed E-state index contributed by atoms with van der Waals surface area (Å²) in [7, 11) is 3.07. The molecule has 0 spiro atoms. The van der Waals surface area contributed by atoms with Crippen molar-refractivity contribution in [2.45, 2.75) is 13.3 Å². The van der Waals surface area contributed by atoms with Crippen molar-refractivity contribution in [1.82, 2.24) is 16.2 Å². The molecular formula is C22H24BrN3O5S. The molecule has 0 aliphatic heterocycles. The first-order valence-electron chi connectivity index (χ1n) is 9.57. The minimum atomic E-state index is -0.470. The highest BCUT2D eigenvalue weighted by molar-refractivity contribution is 9.10. The van der Waals surface area contributed by atoms with Crippen LogP contribution in [0.5, 0.6) is 17.2 Å². The molecule has 0 saturated carbocycles. The summed E-state index contributed by atoms with van der Waals surface area (Å²) in [6, 6.07) is 10.9. The second kappa shape index (κ2) is 12.7. The van der Waals surface area contributed by atoms with Crippen molar-refractivity contribution in [3.05, 3.63) is 58.1 Å². The van der Waals surface area contributed by atoms with Crippen molar-refractivity contribution >= 4 is 51.2 Å². The maximum atomic E-state index is 12.0. The lowest BCUT2D eigenvalue weighted by Crippen LogP contribution is -2.49. The van der Waals surface area contributed by atoms with Crippen molar-refractivity contribution in [3.63, 3.8) is 0 Å². The number of nitrogens with one attached hydrogen (secondary N) is 3. The second-order valence-corrected chi connectivity index (χ2v) is 7.61. The number of halogens is 1. The third-order valence-electron chi connectivity index (χ3n) is 4.15. The molecule has 0 atom stereocenters. The van der Waals surface area contributed by atoms with Crippen molar-refractivity contribution in [3.8, 4) is 17.2 Å². The zero-order chi connectivity index (χ0) is 23.5. The van der Waals surface area contributed by atoms with E-state index >= 15 is 0 Å². The van der Waals surface area contributed by atoms with E-state index in [9.17, 15) is 9.59 Å². The Kier molecular flexibility index (Phi) is 9.96. The summed E-state index contributed by atoms with van der Waals surface area (Å²) in [5, 5.41) is 2.37. The molecule has 32 heavy (non-hydrogen) atoms. The maximum absolute atomic E-state index is 12.0. The van der Waals surface area contributed by atoms with Crippen LogP contribution < -0.4 is 30.4 Å². The molecule has 0 bridgehead atoms. The minimum absolute atomic E-state index is 0.0613. The van der Waals surface area contributed by atoms with Gasteiger partial charge in [-0.2, -0.15) is 0 Å². The molecule has 0 radical (unpaired) electrons. The van der Waals surface area contributed by atoms with E-state index in [-0.39, 0.29) is 11.7 Å². The molecule has 3 N–H and O–H groups in total. The van der Waals surface area contributed by atoms with Gasteiger partial charge in [-0.3, -0.25) is 25.8 Å². The number of hydrogen-bond acceptors (Lipinski definition) is 6. The Morgan fingerprint density at radius 3 is 2.41 bits per heavy atom. The van der Waals surface area contributed by atoms with E-state index in [1.54, 1.807) is 37.5 Å². The predicted octanol–water partition coefficient (Wildman–Crippen LogP) is 3.14. The summed E-state index contributed by atoms with van der Waals surface area (Å²) < 4.78 is 16.6. The monoisotopic (exact) mass is 521 g/mol. The van der Waals surface area contributed by atoms with Crippen LogP contribution >= 0.6 is 28.1 Å². The van der Waals surface area contributed by atoms with Crippen molar-refractivity contribution < 1.29 is 23.8 Å². The van der Waals surface area contributed by atoms with Crippen molar-refractivity contribution in [2.75, 3.05) is 20.8 Å². The number of thiocarbonyl (C=S) groups is 1. The third kappa shape index (κ3) is 7.86. The van der Waals surface area contributed by atoms with Crippen LogP contribution in [0, 0.1) is 0 Å². The second-order valence-electron chi connectivity index (χ2n) is 6.35. The third-order valence-corrected chi connectivity index (χ3v) is 4.97.